The van der Waals surface area contributed by atoms with Crippen LogP contribution in [-0.2, 0) is 4.74 Å². The normalized spacial score (nSPS) is 11.2. The van der Waals surface area contributed by atoms with Gasteiger partial charge in [-0.1, -0.05) is 0 Å². The van der Waals surface area contributed by atoms with E-state index in [1.54, 1.807) is 53.2 Å². The Kier molecular flexibility index (Phi) is 5.37. The molecule has 1 aromatic rings. The molecule has 0 aromatic heterocycles. The molecule has 1 N–H and O–H groups in total. The fourth-order valence-corrected chi connectivity index (χ4v) is 1.38. The number of hydrogen-bond donors (Lipinski definition) is 1. The minimum absolute atomic E-state index is 0.558. The van der Waals surface area contributed by atoms with E-state index in [2.05, 4.69) is 10.5 Å². The van der Waals surface area contributed by atoms with Crippen molar-refractivity contribution in [1.29, 1.82) is 0 Å². The first kappa shape index (κ1) is 15.8. The van der Waals surface area contributed by atoms with Gasteiger partial charge < -0.3 is 14.2 Å². The Hall–Kier alpha value is -2.24. The van der Waals surface area contributed by atoms with Gasteiger partial charge in [0.2, 0.25) is 0 Å². The minimum Gasteiger partial charge on any atom is -0.497 e. The van der Waals surface area contributed by atoms with Crippen molar-refractivity contribution in [3.8, 4) is 11.5 Å². The van der Waals surface area contributed by atoms with Gasteiger partial charge in [-0.15, -0.1) is 0 Å². The second kappa shape index (κ2) is 6.79. The average molecular weight is 280 g/mol. The predicted octanol–water partition coefficient (Wildman–Crippen LogP) is 2.56. The van der Waals surface area contributed by atoms with Crippen LogP contribution in [0.25, 0.3) is 0 Å². The molecule has 0 aliphatic rings. The first-order valence-corrected chi connectivity index (χ1v) is 6.10. The number of nitrogens with zero attached hydrogens (tertiary/aromatic N) is 1. The van der Waals surface area contributed by atoms with Gasteiger partial charge in [-0.25, -0.2) is 10.2 Å². The highest BCUT2D eigenvalue weighted by Gasteiger charge is 2.15. The van der Waals surface area contributed by atoms with Crippen molar-refractivity contribution in [2.24, 2.45) is 5.10 Å². The predicted molar refractivity (Wildman–Crippen MR) is 76.5 cm³/mol. The maximum atomic E-state index is 11.4. The number of ether oxygens (including phenoxy) is 3. The van der Waals surface area contributed by atoms with Crippen LogP contribution in [0.1, 0.15) is 26.3 Å². The number of carbonyl (C=O) groups is 1. The van der Waals surface area contributed by atoms with E-state index in [-0.39, 0.29) is 0 Å². The van der Waals surface area contributed by atoms with Crippen LogP contribution in [0.4, 0.5) is 4.79 Å². The van der Waals surface area contributed by atoms with Crippen LogP contribution in [0.15, 0.2) is 23.3 Å². The highest BCUT2D eigenvalue weighted by Crippen LogP contribution is 2.22. The van der Waals surface area contributed by atoms with Crippen molar-refractivity contribution >= 4 is 12.3 Å². The van der Waals surface area contributed by atoms with Gasteiger partial charge in [-0.2, -0.15) is 5.10 Å². The average Bonchev–Trinajstić information content (AvgIpc) is 2.36. The zero-order valence-corrected chi connectivity index (χ0v) is 12.4. The van der Waals surface area contributed by atoms with Crippen LogP contribution in [0.2, 0.25) is 0 Å². The quantitative estimate of drug-likeness (QED) is 0.679. The highest BCUT2D eigenvalue weighted by molar-refractivity contribution is 5.84. The summed E-state index contributed by atoms with van der Waals surface area (Å²) >= 11 is 0. The molecule has 110 valence electrons. The molecule has 6 nitrogen and oxygen atoms in total. The molecule has 0 heterocycles. The molecule has 20 heavy (non-hydrogen) atoms. The summed E-state index contributed by atoms with van der Waals surface area (Å²) in [7, 11) is 3.13. The molecule has 0 aliphatic carbocycles. The van der Waals surface area contributed by atoms with Gasteiger partial charge in [-0.3, -0.25) is 0 Å². The smallest absolute Gasteiger partial charge is 0.428 e. The van der Waals surface area contributed by atoms with E-state index < -0.39 is 11.7 Å². The topological polar surface area (TPSA) is 69.2 Å². The Morgan fingerprint density at radius 2 is 1.95 bits per heavy atom. The lowest BCUT2D eigenvalue weighted by atomic mass is 10.2. The fraction of sp³-hybridized carbons (Fsp3) is 0.429. The molecule has 0 fully saturated rings. The molecule has 1 aromatic carbocycles. The van der Waals surface area contributed by atoms with E-state index in [1.807, 2.05) is 0 Å². The molecule has 0 aliphatic heterocycles. The lowest BCUT2D eigenvalue weighted by molar-refractivity contribution is 0.0529. The number of methoxy groups -OCH3 is 2. The number of nitrogens with one attached hydrogen (secondary N) is 1. The number of rotatable bonds is 4. The number of amides is 1. The summed E-state index contributed by atoms with van der Waals surface area (Å²) in [5.74, 6) is 1.28. The Labute approximate surface area is 118 Å². The van der Waals surface area contributed by atoms with E-state index >= 15 is 0 Å². The van der Waals surface area contributed by atoms with Crippen molar-refractivity contribution in [2.45, 2.75) is 26.4 Å². The van der Waals surface area contributed by atoms with Gasteiger partial charge in [0.25, 0.3) is 0 Å². The lowest BCUT2D eigenvalue weighted by Crippen LogP contribution is -2.29. The third-order valence-electron chi connectivity index (χ3n) is 2.20. The van der Waals surface area contributed by atoms with Crippen LogP contribution in [0.3, 0.4) is 0 Å². The molecule has 1 amide bonds. The summed E-state index contributed by atoms with van der Waals surface area (Å²) in [4.78, 5) is 11.4. The van der Waals surface area contributed by atoms with Crippen LogP contribution in [-0.4, -0.2) is 32.1 Å². The van der Waals surface area contributed by atoms with Crippen LogP contribution in [0, 0.1) is 0 Å². The first-order valence-electron chi connectivity index (χ1n) is 6.10. The van der Waals surface area contributed by atoms with Gasteiger partial charge in [-0.05, 0) is 32.9 Å². The van der Waals surface area contributed by atoms with Crippen molar-refractivity contribution in [3.63, 3.8) is 0 Å². The third-order valence-corrected chi connectivity index (χ3v) is 2.20. The third kappa shape index (κ3) is 5.17. The Balaban J connectivity index is 2.69. The van der Waals surface area contributed by atoms with E-state index in [1.165, 1.54) is 6.21 Å². The zero-order chi connectivity index (χ0) is 15.2. The fourth-order valence-electron chi connectivity index (χ4n) is 1.38. The maximum absolute atomic E-state index is 11.4. The number of hydrogen-bond acceptors (Lipinski definition) is 5. The molecule has 0 saturated carbocycles. The summed E-state index contributed by atoms with van der Waals surface area (Å²) in [6, 6.07) is 5.28. The van der Waals surface area contributed by atoms with Gasteiger partial charge in [0.1, 0.15) is 17.1 Å². The summed E-state index contributed by atoms with van der Waals surface area (Å²) in [5.41, 5.74) is 2.44. The molecule has 0 spiro atoms. The molecule has 0 radical (unpaired) electrons. The first-order chi connectivity index (χ1) is 9.35. The van der Waals surface area contributed by atoms with E-state index in [0.717, 1.165) is 0 Å². The molecular formula is C14H20N2O4. The second-order valence-electron chi connectivity index (χ2n) is 4.98. The Morgan fingerprint density at radius 3 is 2.50 bits per heavy atom. The van der Waals surface area contributed by atoms with Gasteiger partial charge in [0, 0.05) is 11.6 Å². The van der Waals surface area contributed by atoms with Crippen molar-refractivity contribution in [1.82, 2.24) is 5.43 Å². The lowest BCUT2D eigenvalue weighted by Gasteiger charge is -2.18. The van der Waals surface area contributed by atoms with Crippen molar-refractivity contribution in [2.75, 3.05) is 14.2 Å². The largest absolute Gasteiger partial charge is 0.497 e. The summed E-state index contributed by atoms with van der Waals surface area (Å²) in [6.07, 6.45) is 0.864. The summed E-state index contributed by atoms with van der Waals surface area (Å²) < 4.78 is 15.4. The van der Waals surface area contributed by atoms with E-state index in [4.69, 9.17) is 14.2 Å². The Bertz CT molecular complexity index is 492. The Morgan fingerprint density at radius 1 is 1.25 bits per heavy atom. The molecule has 0 unspecified atom stereocenters. The number of carbonyl (C=O) groups excluding carboxylic acids is 1. The number of benzene rings is 1. The summed E-state index contributed by atoms with van der Waals surface area (Å²) in [6.45, 7) is 5.34. The summed E-state index contributed by atoms with van der Waals surface area (Å²) in [5, 5.41) is 3.82. The second-order valence-corrected chi connectivity index (χ2v) is 4.98. The number of hydrazone groups is 1. The zero-order valence-electron chi connectivity index (χ0n) is 12.4. The molecule has 0 atom stereocenters. The molecule has 0 bridgehead atoms. The van der Waals surface area contributed by atoms with E-state index in [9.17, 15) is 4.79 Å². The monoisotopic (exact) mass is 280 g/mol. The molecule has 0 saturated heterocycles. The van der Waals surface area contributed by atoms with Crippen molar-refractivity contribution < 1.29 is 19.0 Å². The minimum atomic E-state index is -0.610. The van der Waals surface area contributed by atoms with Gasteiger partial charge in [0.15, 0.2) is 0 Å². The van der Waals surface area contributed by atoms with Crippen LogP contribution in [0.5, 0.6) is 11.5 Å². The van der Waals surface area contributed by atoms with Crippen molar-refractivity contribution in [3.05, 3.63) is 23.8 Å². The standard InChI is InChI=1S/C14H20N2O4/c1-14(2,3)20-13(17)16-15-9-10-6-7-11(18-4)8-12(10)19-5/h6-9H,1-5H3,(H,16,17)/b15-9+. The van der Waals surface area contributed by atoms with Crippen LogP contribution < -0.4 is 14.9 Å². The SMILES string of the molecule is COc1ccc(/C=N/NC(=O)OC(C)(C)C)c(OC)c1. The van der Waals surface area contributed by atoms with Crippen LogP contribution >= 0.6 is 0 Å². The molecule has 6 heteroatoms. The maximum Gasteiger partial charge on any atom is 0.428 e. The van der Waals surface area contributed by atoms with Gasteiger partial charge in [0.05, 0.1) is 20.4 Å². The highest BCUT2D eigenvalue weighted by atomic mass is 16.6. The molecule has 1 rings (SSSR count). The van der Waals surface area contributed by atoms with E-state index in [0.29, 0.717) is 17.1 Å². The van der Waals surface area contributed by atoms with Gasteiger partial charge >= 0.3 is 6.09 Å². The molecular weight excluding hydrogens is 260 g/mol.